The van der Waals surface area contributed by atoms with Gasteiger partial charge < -0.3 is 14.1 Å². The molecule has 0 aliphatic heterocycles. The molecule has 20 heavy (non-hydrogen) atoms. The number of rotatable bonds is 3. The highest BCUT2D eigenvalue weighted by Gasteiger charge is 2.18. The third-order valence-corrected chi connectivity index (χ3v) is 3.43. The fourth-order valence-electron chi connectivity index (χ4n) is 2.13. The van der Waals surface area contributed by atoms with Gasteiger partial charge in [-0.1, -0.05) is 0 Å². The minimum absolute atomic E-state index is 0.149. The van der Waals surface area contributed by atoms with Crippen LogP contribution in [0.1, 0.15) is 24.6 Å². The predicted molar refractivity (Wildman–Crippen MR) is 76.5 cm³/mol. The van der Waals surface area contributed by atoms with Gasteiger partial charge in [0, 0.05) is 6.07 Å². The van der Waals surface area contributed by atoms with Gasteiger partial charge in [-0.05, 0) is 32.1 Å². The summed E-state index contributed by atoms with van der Waals surface area (Å²) in [6.45, 7) is 3.83. The Morgan fingerprint density at radius 1 is 1.45 bits per heavy atom. The van der Waals surface area contributed by atoms with E-state index in [1.165, 1.54) is 0 Å². The number of aromatic nitrogens is 4. The summed E-state index contributed by atoms with van der Waals surface area (Å²) in [5.74, 6) is 1.91. The maximum absolute atomic E-state index is 5.58. The minimum Gasteiger partial charge on any atom is -0.481 e. The summed E-state index contributed by atoms with van der Waals surface area (Å²) in [6.07, 6.45) is 1.69. The van der Waals surface area contributed by atoms with E-state index in [1.54, 1.807) is 19.4 Å². The number of methoxy groups -OCH3 is 1. The van der Waals surface area contributed by atoms with Crippen molar-refractivity contribution in [2.24, 2.45) is 0 Å². The third-order valence-electron chi connectivity index (χ3n) is 3.13. The first-order valence-electron chi connectivity index (χ1n) is 6.17. The molecule has 1 atom stereocenters. The quantitative estimate of drug-likeness (QED) is 0.751. The third kappa shape index (κ3) is 2.00. The van der Waals surface area contributed by atoms with E-state index in [4.69, 9.17) is 21.4 Å². The number of ether oxygens (including phenoxy) is 1. The highest BCUT2D eigenvalue weighted by Crippen LogP contribution is 2.24. The highest BCUT2D eigenvalue weighted by atomic mass is 32.1. The molecule has 0 saturated carbocycles. The molecule has 0 saturated heterocycles. The lowest BCUT2D eigenvalue weighted by Gasteiger charge is -2.10. The summed E-state index contributed by atoms with van der Waals surface area (Å²) in [4.78, 5) is 11.8. The number of hydrogen-bond donors (Lipinski definition) is 1. The monoisotopic (exact) mass is 290 g/mol. The Balaban J connectivity index is 2.19. The van der Waals surface area contributed by atoms with Gasteiger partial charge in [-0.15, -0.1) is 0 Å². The van der Waals surface area contributed by atoms with Crippen molar-refractivity contribution in [3.63, 3.8) is 0 Å². The van der Waals surface area contributed by atoms with Crippen LogP contribution >= 0.6 is 12.2 Å². The Kier molecular flexibility index (Phi) is 3.06. The number of oxazole rings is 1. The van der Waals surface area contributed by atoms with Crippen molar-refractivity contribution in [2.75, 3.05) is 7.11 Å². The molecule has 3 heterocycles. The number of aryl methyl sites for hydroxylation is 1. The second-order valence-electron chi connectivity index (χ2n) is 4.51. The molecule has 6 nitrogen and oxygen atoms in total. The summed E-state index contributed by atoms with van der Waals surface area (Å²) in [5, 5.41) is 0. The van der Waals surface area contributed by atoms with Crippen LogP contribution in [0, 0.1) is 11.7 Å². The van der Waals surface area contributed by atoms with Gasteiger partial charge in [-0.3, -0.25) is 4.57 Å². The lowest BCUT2D eigenvalue weighted by molar-refractivity contribution is 0.396. The van der Waals surface area contributed by atoms with Crippen molar-refractivity contribution in [2.45, 2.75) is 19.9 Å². The first kappa shape index (κ1) is 12.9. The van der Waals surface area contributed by atoms with Gasteiger partial charge in [0.15, 0.2) is 10.4 Å². The van der Waals surface area contributed by atoms with Crippen molar-refractivity contribution in [3.8, 4) is 5.88 Å². The van der Waals surface area contributed by atoms with Crippen molar-refractivity contribution in [1.82, 2.24) is 19.5 Å². The number of nitrogens with zero attached hydrogens (tertiary/aromatic N) is 3. The maximum Gasteiger partial charge on any atom is 0.217 e. The molecule has 104 valence electrons. The Labute approximate surface area is 120 Å². The number of fused-ring (bicyclic) bond motifs is 1. The zero-order valence-corrected chi connectivity index (χ0v) is 12.2. The van der Waals surface area contributed by atoms with Crippen LogP contribution in [0.4, 0.5) is 0 Å². The topological polar surface area (TPSA) is 68.9 Å². The molecule has 0 aromatic carbocycles. The SMILES string of the molecule is COc1ccc2[nH]c(=S)n(C(C)c3ncc(C)o3)c2n1. The highest BCUT2D eigenvalue weighted by molar-refractivity contribution is 7.71. The van der Waals surface area contributed by atoms with E-state index in [9.17, 15) is 0 Å². The number of aromatic amines is 1. The van der Waals surface area contributed by atoms with Crippen molar-refractivity contribution >= 4 is 23.4 Å². The number of imidazole rings is 1. The van der Waals surface area contributed by atoms with E-state index >= 15 is 0 Å². The molecule has 0 amide bonds. The molecular formula is C13H14N4O2S. The van der Waals surface area contributed by atoms with Crippen LogP contribution in [0.15, 0.2) is 22.7 Å². The maximum atomic E-state index is 5.58. The molecule has 3 aromatic heterocycles. The van der Waals surface area contributed by atoms with Crippen LogP contribution < -0.4 is 4.74 Å². The summed E-state index contributed by atoms with van der Waals surface area (Å²) < 4.78 is 13.2. The zero-order chi connectivity index (χ0) is 14.3. The van der Waals surface area contributed by atoms with Crippen LogP contribution in [0.3, 0.4) is 0 Å². The molecule has 0 fully saturated rings. The molecule has 3 rings (SSSR count). The molecule has 0 aliphatic rings. The van der Waals surface area contributed by atoms with Crippen LogP contribution in [0.5, 0.6) is 5.88 Å². The smallest absolute Gasteiger partial charge is 0.217 e. The van der Waals surface area contributed by atoms with E-state index in [1.807, 2.05) is 24.5 Å². The van der Waals surface area contributed by atoms with Crippen molar-refractivity contribution < 1.29 is 9.15 Å². The van der Waals surface area contributed by atoms with Gasteiger partial charge in [0.1, 0.15) is 11.8 Å². The first-order valence-corrected chi connectivity index (χ1v) is 6.58. The minimum atomic E-state index is -0.149. The van der Waals surface area contributed by atoms with Crippen LogP contribution in [0.25, 0.3) is 11.2 Å². The van der Waals surface area contributed by atoms with Crippen LogP contribution in [0.2, 0.25) is 0 Å². The molecular weight excluding hydrogens is 276 g/mol. The first-order chi connectivity index (χ1) is 9.60. The molecule has 3 aromatic rings. The van der Waals surface area contributed by atoms with Gasteiger partial charge in [0.2, 0.25) is 11.8 Å². The number of H-pyrrole nitrogens is 1. The molecule has 1 N–H and O–H groups in total. The Bertz CT molecular complexity index is 817. The van der Waals surface area contributed by atoms with Gasteiger partial charge >= 0.3 is 0 Å². The van der Waals surface area contributed by atoms with Crippen molar-refractivity contribution in [1.29, 1.82) is 0 Å². The van der Waals surface area contributed by atoms with Gasteiger partial charge in [0.25, 0.3) is 0 Å². The number of pyridine rings is 1. The van der Waals surface area contributed by atoms with Gasteiger partial charge in [-0.25, -0.2) is 4.98 Å². The molecule has 0 bridgehead atoms. The van der Waals surface area contributed by atoms with E-state index < -0.39 is 0 Å². The summed E-state index contributed by atoms with van der Waals surface area (Å²) in [6, 6.07) is 3.53. The number of hydrogen-bond acceptors (Lipinski definition) is 5. The van der Waals surface area contributed by atoms with Crippen molar-refractivity contribution in [3.05, 3.63) is 34.8 Å². The van der Waals surface area contributed by atoms with Crippen LogP contribution in [-0.2, 0) is 0 Å². The summed E-state index contributed by atoms with van der Waals surface area (Å²) in [7, 11) is 1.58. The lowest BCUT2D eigenvalue weighted by Crippen LogP contribution is -2.08. The largest absolute Gasteiger partial charge is 0.481 e. The van der Waals surface area contributed by atoms with E-state index in [2.05, 4.69) is 15.0 Å². The van der Waals surface area contributed by atoms with Gasteiger partial charge in [-0.2, -0.15) is 4.98 Å². The average Bonchev–Trinajstić information content (AvgIpc) is 3.00. The predicted octanol–water partition coefficient (Wildman–Crippen LogP) is 3.01. The summed E-state index contributed by atoms with van der Waals surface area (Å²) >= 11 is 5.37. The fourth-order valence-corrected chi connectivity index (χ4v) is 2.49. The molecule has 0 aliphatic carbocycles. The Morgan fingerprint density at radius 2 is 2.25 bits per heavy atom. The van der Waals surface area contributed by atoms with E-state index in [0.29, 0.717) is 16.5 Å². The van der Waals surface area contributed by atoms with Gasteiger partial charge in [0.05, 0.1) is 18.8 Å². The summed E-state index contributed by atoms with van der Waals surface area (Å²) in [5.41, 5.74) is 1.57. The molecule has 1 unspecified atom stereocenters. The van der Waals surface area contributed by atoms with E-state index in [0.717, 1.165) is 16.9 Å². The molecule has 7 heteroatoms. The molecule has 0 spiro atoms. The second-order valence-corrected chi connectivity index (χ2v) is 4.90. The zero-order valence-electron chi connectivity index (χ0n) is 11.4. The fraction of sp³-hybridized carbons (Fsp3) is 0.308. The van der Waals surface area contributed by atoms with E-state index in [-0.39, 0.29) is 6.04 Å². The Hall–Kier alpha value is -2.15. The lowest BCUT2D eigenvalue weighted by atomic mass is 10.3. The molecule has 0 radical (unpaired) electrons. The van der Waals surface area contributed by atoms with Crippen LogP contribution in [-0.4, -0.2) is 26.6 Å². The Morgan fingerprint density at radius 3 is 2.90 bits per heavy atom. The number of nitrogens with one attached hydrogen (secondary N) is 1. The normalized spacial score (nSPS) is 12.8. The standard InChI is InChI=1S/C13H14N4O2S/c1-7-6-14-12(19-7)8(2)17-11-9(15-13(17)20)4-5-10(16-11)18-3/h4-6,8H,1-3H3,(H,15,20). The average molecular weight is 290 g/mol. The second kappa shape index (κ2) is 4.75.